The highest BCUT2D eigenvalue weighted by Crippen LogP contribution is 1.74. The molecule has 0 aliphatic rings. The second-order valence-electron chi connectivity index (χ2n) is 1.47. The van der Waals surface area contributed by atoms with Crippen LogP contribution in [0.5, 0.6) is 0 Å². The molecule has 0 aliphatic carbocycles. The topological polar surface area (TPSA) is 61.4 Å². The number of carbonyl (C=O) groups excluding carboxylic acids is 1. The van der Waals surface area contributed by atoms with E-state index in [0.29, 0.717) is 0 Å². The predicted molar refractivity (Wildman–Crippen MR) is 28.5 cm³/mol. The molecule has 1 unspecified atom stereocenters. The maximum absolute atomic E-state index is 10.4. The second-order valence-corrected chi connectivity index (χ2v) is 1.47. The van der Waals surface area contributed by atoms with Crippen molar-refractivity contribution in [2.24, 2.45) is 0 Å². The summed E-state index contributed by atoms with van der Waals surface area (Å²) in [6.07, 6.45) is 0. The first-order valence-corrected chi connectivity index (χ1v) is 2.33. The maximum atomic E-state index is 10.4. The Kier molecular flexibility index (Phi) is 3.14. The van der Waals surface area contributed by atoms with E-state index in [9.17, 15) is 4.79 Å². The third kappa shape index (κ3) is 1.90. The molecule has 8 heavy (non-hydrogen) atoms. The van der Waals surface area contributed by atoms with Gasteiger partial charge >= 0.3 is 0 Å². The van der Waals surface area contributed by atoms with E-state index in [1.54, 1.807) is 12.4 Å². The summed E-state index contributed by atoms with van der Waals surface area (Å²) in [7, 11) is 1.51. The normalized spacial score (nSPS) is 12.9. The zero-order valence-electron chi connectivity index (χ0n) is 4.93. The van der Waals surface area contributed by atoms with Gasteiger partial charge in [-0.05, 0) is 6.92 Å². The van der Waals surface area contributed by atoms with Gasteiger partial charge in [0.05, 0.1) is 0 Å². The van der Waals surface area contributed by atoms with Crippen LogP contribution in [0.3, 0.4) is 0 Å². The minimum atomic E-state index is -0.528. The molecule has 0 spiro atoms. The molecule has 0 aliphatic heterocycles. The molecule has 3 N–H and O–H groups in total. The van der Waals surface area contributed by atoms with E-state index < -0.39 is 6.04 Å². The van der Waals surface area contributed by atoms with Crippen LogP contribution in [0.15, 0.2) is 0 Å². The van der Waals surface area contributed by atoms with Crippen LogP contribution in [0.4, 0.5) is 0 Å². The molecular formula is C4H10N2O2. The predicted octanol–water partition coefficient (Wildman–Crippen LogP) is -0.900. The van der Waals surface area contributed by atoms with Gasteiger partial charge in [0.25, 0.3) is 0 Å². The Morgan fingerprint density at radius 3 is 2.38 bits per heavy atom. The first-order valence-electron chi connectivity index (χ1n) is 2.33. The average Bonchev–Trinajstić information content (AvgIpc) is 1.84. The lowest BCUT2D eigenvalue weighted by Crippen LogP contribution is -2.38. The van der Waals surface area contributed by atoms with Crippen LogP contribution in [0.25, 0.3) is 0 Å². The van der Waals surface area contributed by atoms with Gasteiger partial charge in [-0.25, -0.2) is 0 Å². The first-order chi connectivity index (χ1) is 3.72. The van der Waals surface area contributed by atoms with Crippen LogP contribution in [-0.4, -0.2) is 24.2 Å². The van der Waals surface area contributed by atoms with E-state index in [4.69, 9.17) is 5.21 Å². The van der Waals surface area contributed by atoms with Crippen molar-refractivity contribution in [2.45, 2.75) is 13.0 Å². The van der Waals surface area contributed by atoms with E-state index in [1.807, 2.05) is 0 Å². The van der Waals surface area contributed by atoms with Crippen molar-refractivity contribution >= 4 is 5.91 Å². The number of nitrogens with one attached hydrogen (secondary N) is 2. The van der Waals surface area contributed by atoms with E-state index in [0.717, 1.165) is 0 Å². The summed E-state index contributed by atoms with van der Waals surface area (Å²) in [4.78, 5) is 10.4. The Morgan fingerprint density at radius 1 is 1.75 bits per heavy atom. The largest absolute Gasteiger partial charge is 0.358 e. The standard InChI is InChI=1S/C4H10N2O2/c1-3(6-8)4(7)5-2/h3,6,8H,1-2H3,(H,5,7). The molecule has 0 fully saturated rings. The van der Waals surface area contributed by atoms with Gasteiger partial charge in [0, 0.05) is 7.05 Å². The van der Waals surface area contributed by atoms with Crippen molar-refractivity contribution < 1.29 is 10.0 Å². The Morgan fingerprint density at radius 2 is 2.25 bits per heavy atom. The zero-order valence-corrected chi connectivity index (χ0v) is 4.93. The van der Waals surface area contributed by atoms with Gasteiger partial charge in [0.1, 0.15) is 6.04 Å². The van der Waals surface area contributed by atoms with Gasteiger partial charge in [-0.1, -0.05) is 0 Å². The molecule has 4 nitrogen and oxygen atoms in total. The van der Waals surface area contributed by atoms with Crippen molar-refractivity contribution in [3.05, 3.63) is 0 Å². The zero-order chi connectivity index (χ0) is 6.57. The lowest BCUT2D eigenvalue weighted by molar-refractivity contribution is -0.124. The summed E-state index contributed by atoms with van der Waals surface area (Å²) >= 11 is 0. The van der Waals surface area contributed by atoms with Crippen molar-refractivity contribution in [1.29, 1.82) is 0 Å². The highest BCUT2D eigenvalue weighted by molar-refractivity contribution is 5.80. The van der Waals surface area contributed by atoms with Crippen molar-refractivity contribution in [1.82, 2.24) is 10.8 Å². The minimum Gasteiger partial charge on any atom is -0.358 e. The Hall–Kier alpha value is -0.610. The number of carbonyl (C=O) groups is 1. The third-order valence-electron chi connectivity index (χ3n) is 0.833. The van der Waals surface area contributed by atoms with Crippen molar-refractivity contribution in [3.8, 4) is 0 Å². The van der Waals surface area contributed by atoms with Crippen LogP contribution < -0.4 is 10.8 Å². The number of likely N-dealkylation sites (N-methyl/N-ethyl adjacent to an activating group) is 1. The van der Waals surface area contributed by atoms with Crippen LogP contribution >= 0.6 is 0 Å². The number of hydroxylamine groups is 1. The highest BCUT2D eigenvalue weighted by atomic mass is 16.5. The van der Waals surface area contributed by atoms with Crippen molar-refractivity contribution in [3.63, 3.8) is 0 Å². The van der Waals surface area contributed by atoms with Gasteiger partial charge in [-0.15, -0.1) is 0 Å². The quantitative estimate of drug-likeness (QED) is 0.412. The fourth-order valence-electron chi connectivity index (χ4n) is 0.275. The molecule has 0 saturated heterocycles. The molecule has 0 aromatic heterocycles. The van der Waals surface area contributed by atoms with Gasteiger partial charge in [-0.2, -0.15) is 5.48 Å². The fraction of sp³-hybridized carbons (Fsp3) is 0.750. The summed E-state index contributed by atoms with van der Waals surface area (Å²) in [5.41, 5.74) is 1.80. The van der Waals surface area contributed by atoms with Gasteiger partial charge in [-0.3, -0.25) is 4.79 Å². The number of amides is 1. The van der Waals surface area contributed by atoms with E-state index >= 15 is 0 Å². The summed E-state index contributed by atoms with van der Waals surface area (Å²) in [5.74, 6) is -0.229. The van der Waals surface area contributed by atoms with Crippen LogP contribution in [0.1, 0.15) is 6.92 Å². The molecule has 0 aromatic carbocycles. The fourth-order valence-corrected chi connectivity index (χ4v) is 0.275. The summed E-state index contributed by atoms with van der Waals surface area (Å²) in [6, 6.07) is -0.528. The first kappa shape index (κ1) is 7.39. The maximum Gasteiger partial charge on any atom is 0.238 e. The molecule has 0 rings (SSSR count). The molecule has 0 saturated carbocycles. The molecule has 4 heteroatoms. The van der Waals surface area contributed by atoms with E-state index in [-0.39, 0.29) is 5.91 Å². The summed E-state index contributed by atoms with van der Waals surface area (Å²) < 4.78 is 0. The summed E-state index contributed by atoms with van der Waals surface area (Å²) in [5, 5.41) is 10.5. The molecule has 0 heterocycles. The Bertz CT molecular complexity index is 84.1. The van der Waals surface area contributed by atoms with Crippen molar-refractivity contribution in [2.75, 3.05) is 7.05 Å². The van der Waals surface area contributed by atoms with E-state index in [1.165, 1.54) is 7.05 Å². The van der Waals surface area contributed by atoms with E-state index in [2.05, 4.69) is 5.32 Å². The molecule has 0 aromatic rings. The van der Waals surface area contributed by atoms with Gasteiger partial charge in [0.2, 0.25) is 5.91 Å². The summed E-state index contributed by atoms with van der Waals surface area (Å²) in [6.45, 7) is 1.55. The lowest BCUT2D eigenvalue weighted by Gasteiger charge is -2.04. The minimum absolute atomic E-state index is 0.229. The van der Waals surface area contributed by atoms with Crippen LogP contribution in [0, 0.1) is 0 Å². The molecule has 0 radical (unpaired) electrons. The second kappa shape index (κ2) is 3.40. The smallest absolute Gasteiger partial charge is 0.238 e. The highest BCUT2D eigenvalue weighted by Gasteiger charge is 2.06. The number of hydrogen-bond donors (Lipinski definition) is 3. The van der Waals surface area contributed by atoms with Gasteiger partial charge in [0.15, 0.2) is 0 Å². The third-order valence-corrected chi connectivity index (χ3v) is 0.833. The average molecular weight is 118 g/mol. The molecule has 1 amide bonds. The Labute approximate surface area is 47.8 Å². The SMILES string of the molecule is CNC(=O)C(C)NO. The van der Waals surface area contributed by atoms with Gasteiger partial charge < -0.3 is 10.5 Å². The molecule has 0 bridgehead atoms. The van der Waals surface area contributed by atoms with Crippen LogP contribution in [0.2, 0.25) is 0 Å². The molecule has 48 valence electrons. The Balaban J connectivity index is 3.46. The van der Waals surface area contributed by atoms with Crippen LogP contribution in [-0.2, 0) is 4.79 Å². The lowest BCUT2D eigenvalue weighted by atomic mass is 10.3. The number of rotatable bonds is 2. The molecular weight excluding hydrogens is 108 g/mol. The number of hydrogen-bond acceptors (Lipinski definition) is 3. The molecule has 1 atom stereocenters. The monoisotopic (exact) mass is 118 g/mol.